The van der Waals surface area contributed by atoms with E-state index in [1.807, 2.05) is 54.3 Å². The molecule has 5 nitrogen and oxygen atoms in total. The number of hydrogen-bond donors (Lipinski definition) is 0. The minimum absolute atomic E-state index is 0.0691. The third kappa shape index (κ3) is 4.51. The van der Waals surface area contributed by atoms with Crippen molar-refractivity contribution in [3.63, 3.8) is 0 Å². The molecule has 1 amide bonds. The minimum atomic E-state index is -0.406. The zero-order valence-corrected chi connectivity index (χ0v) is 20.1. The van der Waals surface area contributed by atoms with E-state index in [-0.39, 0.29) is 11.5 Å². The van der Waals surface area contributed by atoms with Crippen LogP contribution in [0.3, 0.4) is 0 Å². The lowest BCUT2D eigenvalue weighted by atomic mass is 10.0. The van der Waals surface area contributed by atoms with Gasteiger partial charge in [-0.3, -0.25) is 14.2 Å². The van der Waals surface area contributed by atoms with Crippen molar-refractivity contribution < 1.29 is 4.79 Å². The molecule has 0 N–H and O–H groups in total. The van der Waals surface area contributed by atoms with Crippen LogP contribution in [-0.4, -0.2) is 26.9 Å². The van der Waals surface area contributed by atoms with Crippen molar-refractivity contribution in [1.82, 2.24) is 14.5 Å². The molecule has 0 bridgehead atoms. The normalized spacial score (nSPS) is 12.4. The van der Waals surface area contributed by atoms with Crippen molar-refractivity contribution in [2.75, 3.05) is 6.54 Å². The number of benzene rings is 3. The molecule has 1 aromatic heterocycles. The van der Waals surface area contributed by atoms with Gasteiger partial charge in [-0.1, -0.05) is 61.8 Å². The molecule has 0 aliphatic rings. The highest BCUT2D eigenvalue weighted by Gasteiger charge is 2.27. The smallest absolute Gasteiger partial charge is 0.261 e. The fourth-order valence-corrected chi connectivity index (χ4v) is 4.38. The van der Waals surface area contributed by atoms with Crippen LogP contribution in [0.5, 0.6) is 0 Å². The predicted octanol–water partition coefficient (Wildman–Crippen LogP) is 5.99. The van der Waals surface area contributed by atoms with E-state index >= 15 is 0 Å². The van der Waals surface area contributed by atoms with Gasteiger partial charge in [0.25, 0.3) is 11.5 Å². The Labute approximate surface area is 198 Å². The summed E-state index contributed by atoms with van der Waals surface area (Å²) in [5, 5.41) is 2.96. The van der Waals surface area contributed by atoms with Gasteiger partial charge in [-0.15, -0.1) is 0 Å². The van der Waals surface area contributed by atoms with E-state index in [9.17, 15) is 9.59 Å². The molecule has 4 aromatic rings. The summed E-state index contributed by atoms with van der Waals surface area (Å²) in [6.07, 6.45) is 0.841. The van der Waals surface area contributed by atoms with Crippen molar-refractivity contribution in [3.8, 4) is 0 Å². The van der Waals surface area contributed by atoms with Crippen LogP contribution in [0.25, 0.3) is 21.7 Å². The second-order valence-corrected chi connectivity index (χ2v) is 9.32. The molecular formula is C27H28ClN3O2. The Morgan fingerprint density at radius 2 is 1.76 bits per heavy atom. The number of carbonyl (C=O) groups is 1. The standard InChI is InChI=1S/C27H28ClN3O2/c1-17(2)14-15-31(27(33)22-11-7-9-19-8-5-6-10-21(19)22)18(3)25-29-24-16-20(28)12-13-23(24)26(32)30(25)4/h5-13,16-18H,14-15H2,1-4H3. The Kier molecular flexibility index (Phi) is 6.52. The first-order valence-corrected chi connectivity index (χ1v) is 11.6. The molecule has 4 rings (SSSR count). The Hall–Kier alpha value is -3.18. The van der Waals surface area contributed by atoms with E-state index in [0.29, 0.717) is 39.8 Å². The minimum Gasteiger partial charge on any atom is -0.329 e. The monoisotopic (exact) mass is 461 g/mol. The molecule has 33 heavy (non-hydrogen) atoms. The first-order chi connectivity index (χ1) is 15.8. The Morgan fingerprint density at radius 1 is 1.03 bits per heavy atom. The van der Waals surface area contributed by atoms with Gasteiger partial charge in [0.1, 0.15) is 5.82 Å². The third-order valence-corrected chi connectivity index (χ3v) is 6.38. The van der Waals surface area contributed by atoms with Crippen LogP contribution in [0, 0.1) is 5.92 Å². The lowest BCUT2D eigenvalue weighted by Gasteiger charge is -2.31. The van der Waals surface area contributed by atoms with Gasteiger partial charge < -0.3 is 4.90 Å². The molecule has 0 saturated heterocycles. The highest BCUT2D eigenvalue weighted by Crippen LogP contribution is 2.27. The lowest BCUT2D eigenvalue weighted by molar-refractivity contribution is 0.0672. The number of hydrogen-bond acceptors (Lipinski definition) is 3. The SMILES string of the molecule is CC(C)CCN(C(=O)c1cccc2ccccc12)C(C)c1nc2cc(Cl)ccc2c(=O)n1C. The van der Waals surface area contributed by atoms with Crippen molar-refractivity contribution in [3.05, 3.63) is 87.4 Å². The van der Waals surface area contributed by atoms with Gasteiger partial charge in [-0.25, -0.2) is 4.98 Å². The van der Waals surface area contributed by atoms with Gasteiger partial charge in [0.2, 0.25) is 0 Å². The Bertz CT molecular complexity index is 1390. The number of aromatic nitrogens is 2. The van der Waals surface area contributed by atoms with Gasteiger partial charge >= 0.3 is 0 Å². The average molecular weight is 462 g/mol. The molecule has 1 atom stereocenters. The lowest BCUT2D eigenvalue weighted by Crippen LogP contribution is -2.38. The zero-order valence-electron chi connectivity index (χ0n) is 19.4. The summed E-state index contributed by atoms with van der Waals surface area (Å²) in [5.74, 6) is 0.889. The summed E-state index contributed by atoms with van der Waals surface area (Å²) < 4.78 is 1.54. The maximum Gasteiger partial charge on any atom is 0.261 e. The summed E-state index contributed by atoms with van der Waals surface area (Å²) in [6, 6.07) is 18.3. The zero-order chi connectivity index (χ0) is 23.7. The van der Waals surface area contributed by atoms with E-state index in [4.69, 9.17) is 16.6 Å². The van der Waals surface area contributed by atoms with Gasteiger partial charge in [0, 0.05) is 24.2 Å². The number of amides is 1. The van der Waals surface area contributed by atoms with Crippen LogP contribution in [-0.2, 0) is 7.05 Å². The van der Waals surface area contributed by atoms with Crippen molar-refractivity contribution in [1.29, 1.82) is 0 Å². The summed E-state index contributed by atoms with van der Waals surface area (Å²) >= 11 is 6.16. The Balaban J connectivity index is 1.82. The average Bonchev–Trinajstić information content (AvgIpc) is 2.80. The predicted molar refractivity (Wildman–Crippen MR) is 135 cm³/mol. The summed E-state index contributed by atoms with van der Waals surface area (Å²) in [7, 11) is 1.71. The molecule has 0 aliphatic carbocycles. The topological polar surface area (TPSA) is 55.2 Å². The number of rotatable bonds is 6. The van der Waals surface area contributed by atoms with Crippen molar-refractivity contribution in [2.45, 2.75) is 33.2 Å². The van der Waals surface area contributed by atoms with Crippen LogP contribution in [0.15, 0.2) is 65.5 Å². The van der Waals surface area contributed by atoms with Crippen LogP contribution in [0.1, 0.15) is 49.4 Å². The highest BCUT2D eigenvalue weighted by atomic mass is 35.5. The molecule has 1 unspecified atom stereocenters. The van der Waals surface area contributed by atoms with Crippen LogP contribution < -0.4 is 5.56 Å². The first-order valence-electron chi connectivity index (χ1n) is 11.2. The molecule has 1 heterocycles. The Morgan fingerprint density at radius 3 is 2.52 bits per heavy atom. The number of nitrogens with zero attached hydrogens (tertiary/aromatic N) is 3. The fraction of sp³-hybridized carbons (Fsp3) is 0.296. The van der Waals surface area contributed by atoms with Gasteiger partial charge in [-0.2, -0.15) is 0 Å². The van der Waals surface area contributed by atoms with E-state index < -0.39 is 6.04 Å². The van der Waals surface area contributed by atoms with E-state index in [1.165, 1.54) is 0 Å². The largest absolute Gasteiger partial charge is 0.329 e. The molecule has 170 valence electrons. The number of carbonyl (C=O) groups excluding carboxylic acids is 1. The molecule has 0 spiro atoms. The van der Waals surface area contributed by atoms with E-state index in [1.54, 1.807) is 29.8 Å². The van der Waals surface area contributed by atoms with Crippen LogP contribution in [0.4, 0.5) is 0 Å². The molecule has 0 radical (unpaired) electrons. The molecule has 6 heteroatoms. The molecule has 0 saturated carbocycles. The summed E-state index contributed by atoms with van der Waals surface area (Å²) in [6.45, 7) is 6.76. The van der Waals surface area contributed by atoms with Gasteiger partial charge in [-0.05, 0) is 54.3 Å². The fourth-order valence-electron chi connectivity index (χ4n) is 4.21. The third-order valence-electron chi connectivity index (χ3n) is 6.14. The van der Waals surface area contributed by atoms with Crippen LogP contribution >= 0.6 is 11.6 Å². The van der Waals surface area contributed by atoms with Crippen LogP contribution in [0.2, 0.25) is 5.02 Å². The maximum absolute atomic E-state index is 13.9. The van der Waals surface area contributed by atoms with Gasteiger partial charge in [0.05, 0.1) is 16.9 Å². The molecule has 3 aromatic carbocycles. The van der Waals surface area contributed by atoms with E-state index in [0.717, 1.165) is 17.2 Å². The first kappa shape index (κ1) is 23.0. The number of fused-ring (bicyclic) bond motifs is 2. The number of halogens is 1. The maximum atomic E-state index is 13.9. The molecular weight excluding hydrogens is 434 g/mol. The van der Waals surface area contributed by atoms with Crippen molar-refractivity contribution >= 4 is 39.2 Å². The highest BCUT2D eigenvalue weighted by molar-refractivity contribution is 6.31. The summed E-state index contributed by atoms with van der Waals surface area (Å²) in [4.78, 5) is 33.5. The molecule has 0 aliphatic heterocycles. The van der Waals surface area contributed by atoms with E-state index in [2.05, 4.69) is 13.8 Å². The van der Waals surface area contributed by atoms with Gasteiger partial charge in [0.15, 0.2) is 0 Å². The quantitative estimate of drug-likeness (QED) is 0.354. The van der Waals surface area contributed by atoms with Crippen molar-refractivity contribution in [2.24, 2.45) is 13.0 Å². The second kappa shape index (κ2) is 9.36. The summed E-state index contributed by atoms with van der Waals surface area (Å²) in [5.41, 5.74) is 1.03. The molecule has 0 fully saturated rings. The second-order valence-electron chi connectivity index (χ2n) is 8.88.